The highest BCUT2D eigenvalue weighted by Crippen LogP contribution is 2.51. The predicted octanol–water partition coefficient (Wildman–Crippen LogP) is 3.00. The van der Waals surface area contributed by atoms with Crippen LogP contribution >= 0.6 is 0 Å². The number of carbonyl (C=O) groups is 1. The van der Waals surface area contributed by atoms with Crippen LogP contribution in [0.15, 0.2) is 29.8 Å². The van der Waals surface area contributed by atoms with Gasteiger partial charge in [-0.3, -0.25) is 9.69 Å². The van der Waals surface area contributed by atoms with Gasteiger partial charge in [0.2, 0.25) is 0 Å². The first-order chi connectivity index (χ1) is 11.6. The highest BCUT2D eigenvalue weighted by atomic mass is 16.5. The SMILES string of the molecule is C/C=C1/CN2[C@H]3Cc4c(n(C)c5cc(OC)ccc45)[C@@H]2CC1C3=O. The third-order valence-electron chi connectivity index (χ3n) is 6.39. The van der Waals surface area contributed by atoms with E-state index < -0.39 is 0 Å². The summed E-state index contributed by atoms with van der Waals surface area (Å²) in [7, 11) is 3.86. The topological polar surface area (TPSA) is 34.5 Å². The average Bonchev–Trinajstić information content (AvgIpc) is 2.90. The second-order valence-electron chi connectivity index (χ2n) is 7.27. The van der Waals surface area contributed by atoms with Gasteiger partial charge in [-0.2, -0.15) is 0 Å². The Morgan fingerprint density at radius 3 is 2.88 bits per heavy atom. The number of hydrogen-bond donors (Lipinski definition) is 0. The molecule has 1 aromatic heterocycles. The third-order valence-corrected chi connectivity index (χ3v) is 6.39. The average molecular weight is 322 g/mol. The smallest absolute Gasteiger partial charge is 0.157 e. The Kier molecular flexibility index (Phi) is 2.82. The molecule has 2 aromatic rings. The van der Waals surface area contributed by atoms with Gasteiger partial charge in [0, 0.05) is 36.7 Å². The molecule has 4 atom stereocenters. The fourth-order valence-corrected chi connectivity index (χ4v) is 5.22. The summed E-state index contributed by atoms with van der Waals surface area (Å²) in [6.45, 7) is 3.02. The summed E-state index contributed by atoms with van der Waals surface area (Å²) in [6.07, 6.45) is 3.93. The van der Waals surface area contributed by atoms with Crippen LogP contribution in [-0.4, -0.2) is 34.9 Å². The van der Waals surface area contributed by atoms with E-state index in [0.717, 1.165) is 25.1 Å². The molecule has 2 unspecified atom stereocenters. The van der Waals surface area contributed by atoms with Crippen molar-refractivity contribution in [2.75, 3.05) is 13.7 Å². The molecule has 0 N–H and O–H groups in total. The van der Waals surface area contributed by atoms with Crippen molar-refractivity contribution in [1.29, 1.82) is 0 Å². The monoisotopic (exact) mass is 322 g/mol. The summed E-state index contributed by atoms with van der Waals surface area (Å²) in [4.78, 5) is 15.4. The van der Waals surface area contributed by atoms with Crippen LogP contribution in [0.1, 0.15) is 30.6 Å². The van der Waals surface area contributed by atoms with Gasteiger partial charge < -0.3 is 9.30 Å². The summed E-state index contributed by atoms with van der Waals surface area (Å²) in [5, 5.41) is 1.28. The summed E-state index contributed by atoms with van der Waals surface area (Å²) >= 11 is 0. The Morgan fingerprint density at radius 2 is 2.12 bits per heavy atom. The van der Waals surface area contributed by atoms with Crippen LogP contribution in [0.25, 0.3) is 10.9 Å². The molecule has 4 aliphatic rings. The fraction of sp³-hybridized carbons (Fsp3) is 0.450. The number of ketones is 1. The molecule has 4 heteroatoms. The molecule has 124 valence electrons. The lowest BCUT2D eigenvalue weighted by Crippen LogP contribution is -2.60. The lowest BCUT2D eigenvalue weighted by atomic mass is 9.69. The molecule has 3 fully saturated rings. The van der Waals surface area contributed by atoms with E-state index in [2.05, 4.69) is 41.6 Å². The van der Waals surface area contributed by atoms with Gasteiger partial charge in [0.25, 0.3) is 0 Å². The number of piperidine rings is 3. The van der Waals surface area contributed by atoms with Gasteiger partial charge in [0.05, 0.1) is 24.7 Å². The minimum absolute atomic E-state index is 0.0673. The van der Waals surface area contributed by atoms with Crippen LogP contribution in [0.5, 0.6) is 5.75 Å². The first kappa shape index (κ1) is 14.3. The van der Waals surface area contributed by atoms with E-state index in [1.807, 2.05) is 6.07 Å². The van der Waals surface area contributed by atoms with E-state index in [4.69, 9.17) is 4.74 Å². The molecule has 1 aromatic carbocycles. The minimum Gasteiger partial charge on any atom is -0.497 e. The Balaban J connectivity index is 1.72. The van der Waals surface area contributed by atoms with E-state index in [1.54, 1.807) is 7.11 Å². The Hall–Kier alpha value is -2.07. The molecule has 5 heterocycles. The molecule has 0 spiro atoms. The van der Waals surface area contributed by atoms with Crippen molar-refractivity contribution >= 4 is 16.7 Å². The highest BCUT2D eigenvalue weighted by Gasteiger charge is 2.52. The van der Waals surface area contributed by atoms with Gasteiger partial charge in [0.1, 0.15) is 5.75 Å². The molecule has 6 rings (SSSR count). The number of benzene rings is 1. The lowest BCUT2D eigenvalue weighted by Gasteiger charge is -2.53. The summed E-state index contributed by atoms with van der Waals surface area (Å²) in [6, 6.07) is 6.73. The van der Waals surface area contributed by atoms with Crippen molar-refractivity contribution in [1.82, 2.24) is 9.47 Å². The highest BCUT2D eigenvalue weighted by molar-refractivity contribution is 5.94. The normalized spacial score (nSPS) is 32.5. The van der Waals surface area contributed by atoms with Crippen molar-refractivity contribution < 1.29 is 9.53 Å². The zero-order valence-electron chi connectivity index (χ0n) is 14.4. The van der Waals surface area contributed by atoms with Crippen LogP contribution in [0, 0.1) is 5.92 Å². The molecule has 0 aliphatic carbocycles. The van der Waals surface area contributed by atoms with Crippen molar-refractivity contribution in [3.8, 4) is 5.75 Å². The number of Topliss-reactive ketones (excluding diaryl/α,β-unsaturated/α-hetero) is 1. The third kappa shape index (κ3) is 1.59. The predicted molar refractivity (Wildman–Crippen MR) is 93.3 cm³/mol. The molecule has 0 saturated carbocycles. The molecular weight excluding hydrogens is 300 g/mol. The number of allylic oxidation sites excluding steroid dienone is 1. The number of rotatable bonds is 1. The van der Waals surface area contributed by atoms with E-state index in [0.29, 0.717) is 11.8 Å². The van der Waals surface area contributed by atoms with Gasteiger partial charge >= 0.3 is 0 Å². The van der Waals surface area contributed by atoms with Crippen LogP contribution in [0.2, 0.25) is 0 Å². The standard InChI is InChI=1S/C20H22N2O2/c1-4-11-10-22-17-8-14(11)20(23)18(22)9-15-13-6-5-12(24-3)7-16(13)21(2)19(15)17/h4-7,14,17-18H,8-10H2,1-3H3/b11-4-/t14?,17-,18-/m0/s1. The van der Waals surface area contributed by atoms with Gasteiger partial charge in [-0.15, -0.1) is 0 Å². The van der Waals surface area contributed by atoms with E-state index in [9.17, 15) is 4.79 Å². The summed E-state index contributed by atoms with van der Waals surface area (Å²) < 4.78 is 7.73. The van der Waals surface area contributed by atoms with Gasteiger partial charge in [0.15, 0.2) is 5.78 Å². The van der Waals surface area contributed by atoms with E-state index in [1.165, 1.54) is 27.7 Å². The largest absolute Gasteiger partial charge is 0.497 e. The number of hydrogen-bond acceptors (Lipinski definition) is 3. The number of methoxy groups -OCH3 is 1. The number of carbonyl (C=O) groups excluding carboxylic acids is 1. The van der Waals surface area contributed by atoms with Crippen molar-refractivity contribution in [3.05, 3.63) is 41.1 Å². The Labute approximate surface area is 141 Å². The van der Waals surface area contributed by atoms with Gasteiger partial charge in [-0.25, -0.2) is 0 Å². The van der Waals surface area contributed by atoms with E-state index >= 15 is 0 Å². The van der Waals surface area contributed by atoms with Gasteiger partial charge in [-0.1, -0.05) is 6.08 Å². The second-order valence-corrected chi connectivity index (χ2v) is 7.27. The molecule has 0 radical (unpaired) electrons. The Morgan fingerprint density at radius 1 is 1.29 bits per heavy atom. The first-order valence-electron chi connectivity index (χ1n) is 8.73. The van der Waals surface area contributed by atoms with Crippen LogP contribution in [0.4, 0.5) is 0 Å². The van der Waals surface area contributed by atoms with Crippen molar-refractivity contribution in [3.63, 3.8) is 0 Å². The van der Waals surface area contributed by atoms with Crippen LogP contribution in [-0.2, 0) is 18.3 Å². The quantitative estimate of drug-likeness (QED) is 0.757. The molecular formula is C20H22N2O2. The maximum atomic E-state index is 12.9. The number of fused-ring (bicyclic) bond motifs is 4. The molecule has 4 aliphatic heterocycles. The number of aromatic nitrogens is 1. The maximum Gasteiger partial charge on any atom is 0.157 e. The molecule has 0 amide bonds. The minimum atomic E-state index is 0.0673. The number of ether oxygens (including phenoxy) is 1. The molecule has 24 heavy (non-hydrogen) atoms. The zero-order chi connectivity index (χ0) is 16.6. The summed E-state index contributed by atoms with van der Waals surface area (Å²) in [5.74, 6) is 1.45. The zero-order valence-corrected chi connectivity index (χ0v) is 14.4. The second kappa shape index (κ2) is 4.73. The van der Waals surface area contributed by atoms with Crippen molar-refractivity contribution in [2.45, 2.75) is 31.8 Å². The first-order valence-corrected chi connectivity index (χ1v) is 8.73. The summed E-state index contributed by atoms with van der Waals surface area (Å²) in [5.41, 5.74) is 5.30. The Bertz CT molecular complexity index is 908. The number of aryl methyl sites for hydroxylation is 1. The van der Waals surface area contributed by atoms with Crippen molar-refractivity contribution in [2.24, 2.45) is 13.0 Å². The number of nitrogens with zero attached hydrogens (tertiary/aromatic N) is 2. The van der Waals surface area contributed by atoms with Crippen LogP contribution in [0.3, 0.4) is 0 Å². The molecule has 3 saturated heterocycles. The fourth-order valence-electron chi connectivity index (χ4n) is 5.22. The maximum absolute atomic E-state index is 12.9. The molecule has 4 bridgehead atoms. The molecule has 4 nitrogen and oxygen atoms in total. The van der Waals surface area contributed by atoms with Gasteiger partial charge in [-0.05, 0) is 43.0 Å². The van der Waals surface area contributed by atoms with E-state index in [-0.39, 0.29) is 12.0 Å². The lowest BCUT2D eigenvalue weighted by molar-refractivity contribution is -0.137. The van der Waals surface area contributed by atoms with Crippen LogP contribution < -0.4 is 4.74 Å².